The predicted molar refractivity (Wildman–Crippen MR) is 80.3 cm³/mol. The quantitative estimate of drug-likeness (QED) is 0.761. The van der Waals surface area contributed by atoms with Gasteiger partial charge in [0.05, 0.1) is 0 Å². The van der Waals surface area contributed by atoms with Crippen molar-refractivity contribution >= 4 is 0 Å². The van der Waals surface area contributed by atoms with Gasteiger partial charge in [0.1, 0.15) is 0 Å². The van der Waals surface area contributed by atoms with Crippen molar-refractivity contribution in [3.05, 3.63) is 0 Å². The van der Waals surface area contributed by atoms with Crippen LogP contribution in [0.1, 0.15) is 66.2 Å². The van der Waals surface area contributed by atoms with Crippen molar-refractivity contribution in [1.82, 2.24) is 0 Å². The van der Waals surface area contributed by atoms with E-state index >= 15 is 0 Å². The molecule has 0 aromatic carbocycles. The van der Waals surface area contributed by atoms with E-state index in [4.69, 9.17) is 11.5 Å². The van der Waals surface area contributed by atoms with Crippen LogP contribution in [0.4, 0.5) is 0 Å². The minimum absolute atomic E-state index is 0.369. The molecule has 1 fully saturated rings. The number of hydrogen-bond acceptors (Lipinski definition) is 2. The highest BCUT2D eigenvalue weighted by Gasteiger charge is 2.30. The van der Waals surface area contributed by atoms with Gasteiger partial charge >= 0.3 is 0 Å². The summed E-state index contributed by atoms with van der Waals surface area (Å²) in [6.45, 7) is 10.2. The molecule has 0 heterocycles. The maximum atomic E-state index is 6.49. The Bertz CT molecular complexity index is 235. The monoisotopic (exact) mass is 254 g/mol. The molecule has 18 heavy (non-hydrogen) atoms. The highest BCUT2D eigenvalue weighted by molar-refractivity contribution is 4.85. The van der Waals surface area contributed by atoms with Gasteiger partial charge in [0.25, 0.3) is 0 Å². The van der Waals surface area contributed by atoms with Gasteiger partial charge in [0.15, 0.2) is 0 Å². The third-order valence-electron chi connectivity index (χ3n) is 4.51. The first-order valence-corrected chi connectivity index (χ1v) is 7.79. The molecule has 0 radical (unpaired) electrons. The Morgan fingerprint density at radius 2 is 1.83 bits per heavy atom. The highest BCUT2D eigenvalue weighted by atomic mass is 14.7. The van der Waals surface area contributed by atoms with Crippen molar-refractivity contribution in [3.8, 4) is 0 Å². The lowest BCUT2D eigenvalue weighted by molar-refractivity contribution is 0.175. The molecule has 0 aromatic rings. The van der Waals surface area contributed by atoms with Gasteiger partial charge in [0.2, 0.25) is 0 Å². The molecule has 3 unspecified atom stereocenters. The van der Waals surface area contributed by atoms with E-state index in [2.05, 4.69) is 27.7 Å². The summed E-state index contributed by atoms with van der Waals surface area (Å²) in [5.41, 5.74) is 12.7. The molecule has 1 aliphatic rings. The molecule has 4 N–H and O–H groups in total. The second-order valence-electron chi connectivity index (χ2n) is 7.66. The van der Waals surface area contributed by atoms with Crippen molar-refractivity contribution in [2.75, 3.05) is 6.54 Å². The Morgan fingerprint density at radius 3 is 2.39 bits per heavy atom. The van der Waals surface area contributed by atoms with Crippen LogP contribution in [0.15, 0.2) is 0 Å². The van der Waals surface area contributed by atoms with E-state index < -0.39 is 0 Å². The molecule has 1 rings (SSSR count). The molecule has 2 nitrogen and oxygen atoms in total. The van der Waals surface area contributed by atoms with Crippen molar-refractivity contribution < 1.29 is 0 Å². The Hall–Kier alpha value is -0.0800. The van der Waals surface area contributed by atoms with Crippen LogP contribution in [0.5, 0.6) is 0 Å². The lowest BCUT2D eigenvalue weighted by atomic mass is 9.71. The molecular formula is C16H34N2. The summed E-state index contributed by atoms with van der Waals surface area (Å²) < 4.78 is 0. The van der Waals surface area contributed by atoms with Crippen molar-refractivity contribution in [3.63, 3.8) is 0 Å². The fraction of sp³-hybridized carbons (Fsp3) is 1.00. The second-order valence-corrected chi connectivity index (χ2v) is 7.66. The van der Waals surface area contributed by atoms with Gasteiger partial charge in [-0.15, -0.1) is 0 Å². The van der Waals surface area contributed by atoms with Crippen molar-refractivity contribution in [2.45, 2.75) is 72.3 Å². The maximum Gasteiger partial charge on any atom is 0.00723 e. The topological polar surface area (TPSA) is 52.0 Å². The highest BCUT2D eigenvalue weighted by Crippen LogP contribution is 2.36. The van der Waals surface area contributed by atoms with E-state index in [0.717, 1.165) is 24.8 Å². The fourth-order valence-corrected chi connectivity index (χ4v) is 3.93. The van der Waals surface area contributed by atoms with Crippen molar-refractivity contribution in [1.29, 1.82) is 0 Å². The molecule has 0 spiro atoms. The first-order valence-electron chi connectivity index (χ1n) is 7.79. The van der Waals surface area contributed by atoms with E-state index in [9.17, 15) is 0 Å². The molecule has 108 valence electrons. The normalized spacial score (nSPS) is 27.5. The zero-order valence-electron chi connectivity index (χ0n) is 12.9. The van der Waals surface area contributed by atoms with Gasteiger partial charge in [-0.05, 0) is 61.8 Å². The van der Waals surface area contributed by atoms with Crippen LogP contribution in [-0.4, -0.2) is 12.6 Å². The van der Waals surface area contributed by atoms with E-state index in [-0.39, 0.29) is 0 Å². The van der Waals surface area contributed by atoms with Crippen LogP contribution in [0.2, 0.25) is 0 Å². The molecule has 0 bridgehead atoms. The predicted octanol–water partition coefficient (Wildman–Crippen LogP) is 3.54. The molecular weight excluding hydrogens is 220 g/mol. The van der Waals surface area contributed by atoms with Crippen LogP contribution in [0.25, 0.3) is 0 Å². The Morgan fingerprint density at radius 1 is 1.17 bits per heavy atom. The summed E-state index contributed by atoms with van der Waals surface area (Å²) in [7, 11) is 0. The van der Waals surface area contributed by atoms with Gasteiger partial charge in [-0.1, -0.05) is 34.1 Å². The smallest absolute Gasteiger partial charge is 0.00723 e. The van der Waals surface area contributed by atoms with Crippen LogP contribution < -0.4 is 11.5 Å². The van der Waals surface area contributed by atoms with Gasteiger partial charge in [0, 0.05) is 6.04 Å². The Kier molecular flexibility index (Phi) is 6.13. The third kappa shape index (κ3) is 5.27. The summed E-state index contributed by atoms with van der Waals surface area (Å²) in [5, 5.41) is 0. The van der Waals surface area contributed by atoms with Gasteiger partial charge < -0.3 is 11.5 Å². The molecule has 0 aromatic heterocycles. The van der Waals surface area contributed by atoms with Gasteiger partial charge in [-0.25, -0.2) is 0 Å². The van der Waals surface area contributed by atoms with Crippen LogP contribution in [0.3, 0.4) is 0 Å². The first-order chi connectivity index (χ1) is 8.34. The largest absolute Gasteiger partial charge is 0.330 e. The first kappa shape index (κ1) is 16.0. The summed E-state index contributed by atoms with van der Waals surface area (Å²) in [5.74, 6) is 2.19. The zero-order chi connectivity index (χ0) is 13.8. The minimum Gasteiger partial charge on any atom is -0.330 e. The van der Waals surface area contributed by atoms with Crippen LogP contribution >= 0.6 is 0 Å². The average molecular weight is 254 g/mol. The summed E-state index contributed by atoms with van der Waals surface area (Å²) in [6.07, 6.45) is 7.64. The number of hydrogen-bond donors (Lipinski definition) is 2. The SMILES string of the molecule is CC(C)CC(C)(C)CC(N)C1CCCC(CN)C1. The number of nitrogens with two attached hydrogens (primary N) is 2. The lowest BCUT2D eigenvalue weighted by Gasteiger charge is -2.37. The zero-order valence-corrected chi connectivity index (χ0v) is 12.9. The third-order valence-corrected chi connectivity index (χ3v) is 4.51. The lowest BCUT2D eigenvalue weighted by Crippen LogP contribution is -2.38. The molecule has 3 atom stereocenters. The maximum absolute atomic E-state index is 6.49. The molecule has 1 saturated carbocycles. The molecule has 1 aliphatic carbocycles. The standard InChI is InChI=1S/C16H34N2/c1-12(2)9-16(3,4)10-15(18)14-7-5-6-13(8-14)11-17/h12-15H,5-11,17-18H2,1-4H3. The molecule has 0 saturated heterocycles. The van der Waals surface area contributed by atoms with Crippen LogP contribution in [0, 0.1) is 23.2 Å². The Balaban J connectivity index is 2.46. The second kappa shape index (κ2) is 6.91. The van der Waals surface area contributed by atoms with Crippen LogP contribution in [-0.2, 0) is 0 Å². The summed E-state index contributed by atoms with van der Waals surface area (Å²) in [4.78, 5) is 0. The minimum atomic E-state index is 0.369. The summed E-state index contributed by atoms with van der Waals surface area (Å²) in [6, 6.07) is 0.369. The van der Waals surface area contributed by atoms with E-state index in [0.29, 0.717) is 17.4 Å². The Labute approximate surface area is 114 Å². The van der Waals surface area contributed by atoms with Gasteiger partial charge in [-0.2, -0.15) is 0 Å². The average Bonchev–Trinajstić information content (AvgIpc) is 2.26. The molecule has 0 amide bonds. The van der Waals surface area contributed by atoms with Gasteiger partial charge in [-0.3, -0.25) is 0 Å². The molecule has 0 aliphatic heterocycles. The summed E-state index contributed by atoms with van der Waals surface area (Å²) >= 11 is 0. The van der Waals surface area contributed by atoms with E-state index in [1.807, 2.05) is 0 Å². The van der Waals surface area contributed by atoms with E-state index in [1.54, 1.807) is 0 Å². The van der Waals surface area contributed by atoms with E-state index in [1.165, 1.54) is 32.1 Å². The molecule has 2 heteroatoms. The number of rotatable bonds is 6. The fourth-order valence-electron chi connectivity index (χ4n) is 3.93. The van der Waals surface area contributed by atoms with Crippen molar-refractivity contribution in [2.24, 2.45) is 34.6 Å².